The zero-order valence-electron chi connectivity index (χ0n) is 14.0. The van der Waals surface area contributed by atoms with Crippen molar-refractivity contribution in [3.8, 4) is 0 Å². The molecule has 0 radical (unpaired) electrons. The predicted octanol–water partition coefficient (Wildman–Crippen LogP) is 3.15. The Bertz CT molecular complexity index is 478. The molecule has 1 saturated heterocycles. The molecular formula is C17H28ClIN4. The molecule has 0 amide bonds. The second-order valence-corrected chi connectivity index (χ2v) is 6.12. The maximum Gasteiger partial charge on any atom is 0.191 e. The molecule has 1 aromatic carbocycles. The Labute approximate surface area is 162 Å². The van der Waals surface area contributed by atoms with Crippen LogP contribution in [0.1, 0.15) is 25.3 Å². The normalized spacial score (nSPS) is 18.6. The van der Waals surface area contributed by atoms with Crippen LogP contribution in [0.25, 0.3) is 0 Å². The highest BCUT2D eigenvalue weighted by Crippen LogP contribution is 2.15. The molecule has 1 unspecified atom stereocenters. The third-order valence-electron chi connectivity index (χ3n) is 4.25. The maximum atomic E-state index is 5.90. The van der Waals surface area contributed by atoms with Crippen molar-refractivity contribution < 1.29 is 0 Å². The average Bonchev–Trinajstić information content (AvgIpc) is 3.00. The third-order valence-corrected chi connectivity index (χ3v) is 4.51. The Morgan fingerprint density at radius 1 is 1.30 bits per heavy atom. The van der Waals surface area contributed by atoms with Crippen LogP contribution in [0.5, 0.6) is 0 Å². The topological polar surface area (TPSA) is 39.7 Å². The minimum absolute atomic E-state index is 0. The summed E-state index contributed by atoms with van der Waals surface area (Å²) < 4.78 is 0. The molecule has 1 heterocycles. The van der Waals surface area contributed by atoms with E-state index in [1.54, 1.807) is 0 Å². The van der Waals surface area contributed by atoms with Gasteiger partial charge < -0.3 is 10.6 Å². The lowest BCUT2D eigenvalue weighted by Crippen LogP contribution is -2.45. The molecule has 1 aliphatic rings. The van der Waals surface area contributed by atoms with Gasteiger partial charge in [0.15, 0.2) is 5.96 Å². The van der Waals surface area contributed by atoms with Gasteiger partial charge in [0, 0.05) is 31.2 Å². The highest BCUT2D eigenvalue weighted by atomic mass is 127. The Morgan fingerprint density at radius 2 is 2.04 bits per heavy atom. The standard InChI is InChI=1S/C17H27ClN4.HI/c1-3-22-12-4-5-16(22)13-21-17(19-2)20-11-10-14-6-8-15(18)9-7-14;/h6-9,16H,3-5,10-13H2,1-2H3,(H2,19,20,21);1H. The Hall–Kier alpha value is -0.530. The molecule has 130 valence electrons. The van der Waals surface area contributed by atoms with E-state index in [2.05, 4.69) is 39.6 Å². The lowest BCUT2D eigenvalue weighted by Gasteiger charge is -2.24. The monoisotopic (exact) mass is 450 g/mol. The Balaban J connectivity index is 0.00000264. The fourth-order valence-corrected chi connectivity index (χ4v) is 3.08. The van der Waals surface area contributed by atoms with E-state index >= 15 is 0 Å². The van der Waals surface area contributed by atoms with Crippen molar-refractivity contribution in [1.82, 2.24) is 15.5 Å². The summed E-state index contributed by atoms with van der Waals surface area (Å²) in [5, 5.41) is 7.61. The first-order valence-corrected chi connectivity index (χ1v) is 8.53. The van der Waals surface area contributed by atoms with Crippen LogP contribution >= 0.6 is 35.6 Å². The van der Waals surface area contributed by atoms with Crippen molar-refractivity contribution in [3.05, 3.63) is 34.9 Å². The second kappa shape index (κ2) is 11.1. The Kier molecular flexibility index (Phi) is 9.90. The third kappa shape index (κ3) is 6.85. The van der Waals surface area contributed by atoms with Gasteiger partial charge in [0.2, 0.25) is 0 Å². The molecule has 6 heteroatoms. The summed E-state index contributed by atoms with van der Waals surface area (Å²) in [6.07, 6.45) is 3.55. The zero-order chi connectivity index (χ0) is 15.8. The van der Waals surface area contributed by atoms with Crippen LogP contribution in [-0.2, 0) is 6.42 Å². The SMILES string of the molecule is CCN1CCCC1CNC(=NC)NCCc1ccc(Cl)cc1.I. The van der Waals surface area contributed by atoms with Crippen molar-refractivity contribution in [3.63, 3.8) is 0 Å². The number of nitrogens with zero attached hydrogens (tertiary/aromatic N) is 2. The number of guanidine groups is 1. The molecule has 4 nitrogen and oxygen atoms in total. The molecule has 2 N–H and O–H groups in total. The van der Waals surface area contributed by atoms with Gasteiger partial charge in [0.05, 0.1) is 0 Å². The second-order valence-electron chi connectivity index (χ2n) is 5.68. The number of aliphatic imine (C=N–C) groups is 1. The van der Waals surface area contributed by atoms with Crippen LogP contribution in [0.4, 0.5) is 0 Å². The van der Waals surface area contributed by atoms with E-state index in [1.165, 1.54) is 24.9 Å². The fourth-order valence-electron chi connectivity index (χ4n) is 2.95. The van der Waals surface area contributed by atoms with Crippen LogP contribution in [0, 0.1) is 0 Å². The van der Waals surface area contributed by atoms with Gasteiger partial charge in [-0.15, -0.1) is 24.0 Å². The van der Waals surface area contributed by atoms with Crippen LogP contribution in [0.3, 0.4) is 0 Å². The van der Waals surface area contributed by atoms with E-state index in [0.717, 1.165) is 37.0 Å². The van der Waals surface area contributed by atoms with E-state index in [1.807, 2.05) is 19.2 Å². The molecule has 1 atom stereocenters. The van der Waals surface area contributed by atoms with Crippen molar-refractivity contribution in [2.45, 2.75) is 32.2 Å². The first kappa shape index (κ1) is 20.5. The van der Waals surface area contributed by atoms with Gasteiger partial charge >= 0.3 is 0 Å². The predicted molar refractivity (Wildman–Crippen MR) is 110 cm³/mol. The fraction of sp³-hybridized carbons (Fsp3) is 0.588. The molecule has 0 spiro atoms. The van der Waals surface area contributed by atoms with Crippen LogP contribution in [-0.4, -0.2) is 50.1 Å². The van der Waals surface area contributed by atoms with Crippen LogP contribution in [0.15, 0.2) is 29.3 Å². The summed E-state index contributed by atoms with van der Waals surface area (Å²) in [6, 6.07) is 8.64. The molecule has 1 fully saturated rings. The summed E-state index contributed by atoms with van der Waals surface area (Å²) in [5.74, 6) is 0.886. The molecule has 0 bridgehead atoms. The van der Waals surface area contributed by atoms with Gasteiger partial charge in [-0.3, -0.25) is 9.89 Å². The van der Waals surface area contributed by atoms with E-state index in [0.29, 0.717) is 6.04 Å². The highest BCUT2D eigenvalue weighted by Gasteiger charge is 2.22. The summed E-state index contributed by atoms with van der Waals surface area (Å²) in [6.45, 7) is 6.43. The number of hydrogen-bond donors (Lipinski definition) is 2. The van der Waals surface area contributed by atoms with Gasteiger partial charge in [-0.25, -0.2) is 0 Å². The van der Waals surface area contributed by atoms with E-state index in [4.69, 9.17) is 11.6 Å². The number of hydrogen-bond acceptors (Lipinski definition) is 2. The summed E-state index contributed by atoms with van der Waals surface area (Å²) in [5.41, 5.74) is 1.28. The van der Waals surface area contributed by atoms with Gasteiger partial charge in [0.25, 0.3) is 0 Å². The maximum absolute atomic E-state index is 5.90. The van der Waals surface area contributed by atoms with Gasteiger partial charge in [-0.1, -0.05) is 30.7 Å². The summed E-state index contributed by atoms with van der Waals surface area (Å²) in [4.78, 5) is 6.84. The number of halogens is 2. The molecular weight excluding hydrogens is 423 g/mol. The van der Waals surface area contributed by atoms with Gasteiger partial charge in [-0.05, 0) is 50.0 Å². The molecule has 0 saturated carbocycles. The number of nitrogens with one attached hydrogen (secondary N) is 2. The number of likely N-dealkylation sites (N-methyl/N-ethyl adjacent to an activating group) is 1. The van der Waals surface area contributed by atoms with Gasteiger partial charge in [0.1, 0.15) is 0 Å². The first-order chi connectivity index (χ1) is 10.7. The number of likely N-dealkylation sites (tertiary alicyclic amines) is 1. The quantitative estimate of drug-likeness (QED) is 0.397. The smallest absolute Gasteiger partial charge is 0.191 e. The zero-order valence-corrected chi connectivity index (χ0v) is 17.1. The highest BCUT2D eigenvalue weighted by molar-refractivity contribution is 14.0. The molecule has 0 aromatic heterocycles. The molecule has 1 aliphatic heterocycles. The minimum Gasteiger partial charge on any atom is -0.356 e. The van der Waals surface area contributed by atoms with E-state index in [-0.39, 0.29) is 24.0 Å². The van der Waals surface area contributed by atoms with E-state index < -0.39 is 0 Å². The van der Waals surface area contributed by atoms with Crippen molar-refractivity contribution in [2.75, 3.05) is 33.2 Å². The molecule has 2 rings (SSSR count). The lowest BCUT2D eigenvalue weighted by atomic mass is 10.1. The van der Waals surface area contributed by atoms with Gasteiger partial charge in [-0.2, -0.15) is 0 Å². The van der Waals surface area contributed by atoms with Crippen LogP contribution in [0.2, 0.25) is 5.02 Å². The first-order valence-electron chi connectivity index (χ1n) is 8.16. The number of benzene rings is 1. The van der Waals surface area contributed by atoms with Crippen molar-refractivity contribution >= 4 is 41.5 Å². The van der Waals surface area contributed by atoms with Crippen molar-refractivity contribution in [2.24, 2.45) is 4.99 Å². The molecule has 23 heavy (non-hydrogen) atoms. The summed E-state index contributed by atoms with van der Waals surface area (Å²) in [7, 11) is 1.82. The largest absolute Gasteiger partial charge is 0.356 e. The lowest BCUT2D eigenvalue weighted by molar-refractivity contribution is 0.267. The Morgan fingerprint density at radius 3 is 2.70 bits per heavy atom. The van der Waals surface area contributed by atoms with Crippen LogP contribution < -0.4 is 10.6 Å². The minimum atomic E-state index is 0. The molecule has 0 aliphatic carbocycles. The molecule has 1 aromatic rings. The average molecular weight is 451 g/mol. The van der Waals surface area contributed by atoms with Crippen molar-refractivity contribution in [1.29, 1.82) is 0 Å². The number of rotatable bonds is 6. The summed E-state index contributed by atoms with van der Waals surface area (Å²) >= 11 is 5.90. The van der Waals surface area contributed by atoms with E-state index in [9.17, 15) is 0 Å².